The van der Waals surface area contributed by atoms with Gasteiger partial charge in [-0.05, 0) is 37.6 Å². The molecule has 0 heterocycles. The molecule has 0 aromatic heterocycles. The Morgan fingerprint density at radius 2 is 2.06 bits per heavy atom. The van der Waals surface area contributed by atoms with Gasteiger partial charge in [0.25, 0.3) is 0 Å². The summed E-state index contributed by atoms with van der Waals surface area (Å²) in [5.41, 5.74) is 0. The average molecular weight is 257 g/mol. The second-order valence-corrected chi connectivity index (χ2v) is 5.19. The minimum atomic E-state index is -0.167. The summed E-state index contributed by atoms with van der Waals surface area (Å²) in [5, 5.41) is 12.5. The highest BCUT2D eigenvalue weighted by Crippen LogP contribution is 2.28. The summed E-state index contributed by atoms with van der Waals surface area (Å²) >= 11 is 0. The summed E-state index contributed by atoms with van der Waals surface area (Å²) in [4.78, 5) is 11.4. The van der Waals surface area contributed by atoms with E-state index in [9.17, 15) is 9.90 Å². The number of esters is 1. The fraction of sp³-hybridized carbons (Fsp3) is 0.929. The number of hydrogen-bond donors (Lipinski definition) is 2. The van der Waals surface area contributed by atoms with Crippen LogP contribution in [0.4, 0.5) is 0 Å². The van der Waals surface area contributed by atoms with E-state index in [4.69, 9.17) is 4.74 Å². The third-order valence-electron chi connectivity index (χ3n) is 3.74. The number of ether oxygens (including phenoxy) is 1. The van der Waals surface area contributed by atoms with Gasteiger partial charge < -0.3 is 15.2 Å². The van der Waals surface area contributed by atoms with E-state index in [0.717, 1.165) is 32.2 Å². The Morgan fingerprint density at radius 3 is 2.72 bits per heavy atom. The molecule has 1 aliphatic rings. The molecule has 18 heavy (non-hydrogen) atoms. The monoisotopic (exact) mass is 257 g/mol. The van der Waals surface area contributed by atoms with Gasteiger partial charge in [0.05, 0.1) is 13.2 Å². The zero-order chi connectivity index (χ0) is 13.2. The zero-order valence-corrected chi connectivity index (χ0v) is 11.5. The second kappa shape index (κ2) is 9.34. The molecule has 2 atom stereocenters. The second-order valence-electron chi connectivity index (χ2n) is 5.19. The highest BCUT2D eigenvalue weighted by molar-refractivity contribution is 5.71. The number of aliphatic hydroxyl groups is 1. The van der Waals surface area contributed by atoms with E-state index >= 15 is 0 Å². The number of rotatable bonds is 8. The molecule has 0 aliphatic heterocycles. The van der Waals surface area contributed by atoms with Crippen LogP contribution < -0.4 is 5.32 Å². The molecule has 1 rings (SSSR count). The van der Waals surface area contributed by atoms with Crippen molar-refractivity contribution in [3.8, 4) is 0 Å². The van der Waals surface area contributed by atoms with Gasteiger partial charge in [-0.3, -0.25) is 4.79 Å². The van der Waals surface area contributed by atoms with Crippen molar-refractivity contribution in [3.05, 3.63) is 0 Å². The first-order valence-corrected chi connectivity index (χ1v) is 7.25. The average Bonchev–Trinajstić information content (AvgIpc) is 2.39. The van der Waals surface area contributed by atoms with Gasteiger partial charge in [0.2, 0.25) is 0 Å². The Labute approximate surface area is 110 Å². The Bertz CT molecular complexity index is 233. The lowest BCUT2D eigenvalue weighted by molar-refractivity contribution is -0.142. The van der Waals surface area contributed by atoms with Crippen LogP contribution in [0.25, 0.3) is 0 Å². The quantitative estimate of drug-likeness (QED) is 0.513. The number of carbonyl (C=O) groups excluding carboxylic acids is 1. The minimum absolute atomic E-state index is 0.167. The number of nitrogens with one attached hydrogen (secondary N) is 1. The van der Waals surface area contributed by atoms with Gasteiger partial charge in [-0.2, -0.15) is 0 Å². The molecule has 0 aromatic rings. The Kier molecular flexibility index (Phi) is 8.01. The highest BCUT2D eigenvalue weighted by atomic mass is 16.5. The molecule has 0 aromatic carbocycles. The summed E-state index contributed by atoms with van der Waals surface area (Å²) in [6.07, 6.45) is 6.71. The maximum Gasteiger partial charge on any atom is 0.319 e. The lowest BCUT2D eigenvalue weighted by Gasteiger charge is -2.30. The zero-order valence-electron chi connectivity index (χ0n) is 11.5. The van der Waals surface area contributed by atoms with E-state index in [1.54, 1.807) is 0 Å². The fourth-order valence-corrected chi connectivity index (χ4v) is 2.53. The molecular weight excluding hydrogens is 230 g/mol. The van der Waals surface area contributed by atoms with Crippen LogP contribution in [0.2, 0.25) is 0 Å². The third-order valence-corrected chi connectivity index (χ3v) is 3.74. The standard InChI is InChI=1S/C14H27NO3/c1-2-3-8-18-14(17)10-15-9-12-6-4-5-7-13(12)11-16/h12-13,15-16H,2-11H2,1H3. The molecule has 2 N–H and O–H groups in total. The van der Waals surface area contributed by atoms with Crippen LogP contribution >= 0.6 is 0 Å². The number of carbonyl (C=O) groups is 1. The smallest absolute Gasteiger partial charge is 0.319 e. The Balaban J connectivity index is 2.10. The van der Waals surface area contributed by atoms with Crippen molar-refractivity contribution in [2.75, 3.05) is 26.3 Å². The van der Waals surface area contributed by atoms with Gasteiger partial charge in [-0.1, -0.05) is 26.2 Å². The number of aliphatic hydroxyl groups excluding tert-OH is 1. The molecule has 0 saturated heterocycles. The lowest BCUT2D eigenvalue weighted by atomic mass is 9.79. The summed E-state index contributed by atoms with van der Waals surface area (Å²) < 4.78 is 5.07. The van der Waals surface area contributed by atoms with Crippen LogP contribution in [0.5, 0.6) is 0 Å². The molecule has 2 unspecified atom stereocenters. The maximum atomic E-state index is 11.4. The molecule has 1 saturated carbocycles. The van der Waals surface area contributed by atoms with Crippen LogP contribution in [0.3, 0.4) is 0 Å². The molecule has 0 amide bonds. The molecule has 1 fully saturated rings. The first kappa shape index (κ1) is 15.4. The highest BCUT2D eigenvalue weighted by Gasteiger charge is 2.24. The molecule has 4 heteroatoms. The van der Waals surface area contributed by atoms with Crippen molar-refractivity contribution < 1.29 is 14.6 Å². The van der Waals surface area contributed by atoms with Crippen LogP contribution in [0.1, 0.15) is 45.4 Å². The lowest BCUT2D eigenvalue weighted by Crippen LogP contribution is -2.35. The van der Waals surface area contributed by atoms with E-state index in [0.29, 0.717) is 25.0 Å². The summed E-state index contributed by atoms with van der Waals surface area (Å²) in [7, 11) is 0. The van der Waals surface area contributed by atoms with Crippen LogP contribution in [0, 0.1) is 11.8 Å². The van der Waals surface area contributed by atoms with Gasteiger partial charge in [-0.15, -0.1) is 0 Å². The third kappa shape index (κ3) is 5.83. The Morgan fingerprint density at radius 1 is 1.33 bits per heavy atom. The van der Waals surface area contributed by atoms with Gasteiger partial charge in [0, 0.05) is 6.61 Å². The van der Waals surface area contributed by atoms with E-state index in [1.807, 2.05) is 0 Å². The molecule has 0 spiro atoms. The first-order chi connectivity index (χ1) is 8.77. The Hall–Kier alpha value is -0.610. The predicted octanol–water partition coefficient (Wildman–Crippen LogP) is 1.72. The largest absolute Gasteiger partial charge is 0.465 e. The predicted molar refractivity (Wildman–Crippen MR) is 71.3 cm³/mol. The van der Waals surface area contributed by atoms with Gasteiger partial charge in [-0.25, -0.2) is 0 Å². The van der Waals surface area contributed by atoms with Gasteiger partial charge in [0.1, 0.15) is 0 Å². The molecule has 1 aliphatic carbocycles. The summed E-state index contributed by atoms with van der Waals surface area (Å²) in [6, 6.07) is 0. The number of hydrogen-bond acceptors (Lipinski definition) is 4. The van der Waals surface area contributed by atoms with Crippen molar-refractivity contribution in [1.82, 2.24) is 5.32 Å². The maximum absolute atomic E-state index is 11.4. The molecule has 0 bridgehead atoms. The SMILES string of the molecule is CCCCOC(=O)CNCC1CCCCC1CO. The van der Waals surface area contributed by atoms with E-state index in [-0.39, 0.29) is 12.6 Å². The van der Waals surface area contributed by atoms with Crippen LogP contribution in [-0.2, 0) is 9.53 Å². The van der Waals surface area contributed by atoms with Gasteiger partial charge >= 0.3 is 5.97 Å². The molecule has 106 valence electrons. The van der Waals surface area contributed by atoms with Crippen molar-refractivity contribution in [2.24, 2.45) is 11.8 Å². The van der Waals surface area contributed by atoms with Crippen molar-refractivity contribution in [2.45, 2.75) is 45.4 Å². The van der Waals surface area contributed by atoms with E-state index in [1.165, 1.54) is 12.8 Å². The van der Waals surface area contributed by atoms with Crippen molar-refractivity contribution >= 4 is 5.97 Å². The molecular formula is C14H27NO3. The summed E-state index contributed by atoms with van der Waals surface area (Å²) in [5.74, 6) is 0.745. The van der Waals surface area contributed by atoms with E-state index < -0.39 is 0 Å². The van der Waals surface area contributed by atoms with Crippen LogP contribution in [0.15, 0.2) is 0 Å². The van der Waals surface area contributed by atoms with Crippen molar-refractivity contribution in [1.29, 1.82) is 0 Å². The van der Waals surface area contributed by atoms with Crippen LogP contribution in [-0.4, -0.2) is 37.4 Å². The fourth-order valence-electron chi connectivity index (χ4n) is 2.53. The topological polar surface area (TPSA) is 58.6 Å². The molecule has 4 nitrogen and oxygen atoms in total. The normalized spacial score (nSPS) is 23.9. The first-order valence-electron chi connectivity index (χ1n) is 7.25. The van der Waals surface area contributed by atoms with E-state index in [2.05, 4.69) is 12.2 Å². The molecule has 0 radical (unpaired) electrons. The van der Waals surface area contributed by atoms with Crippen molar-refractivity contribution in [3.63, 3.8) is 0 Å². The minimum Gasteiger partial charge on any atom is -0.465 e. The summed E-state index contributed by atoms with van der Waals surface area (Å²) in [6.45, 7) is 3.98. The number of unbranched alkanes of at least 4 members (excludes halogenated alkanes) is 1. The van der Waals surface area contributed by atoms with Gasteiger partial charge in [0.15, 0.2) is 0 Å².